The third kappa shape index (κ3) is 5.15. The molecule has 1 aromatic carbocycles. The summed E-state index contributed by atoms with van der Waals surface area (Å²) < 4.78 is 0. The van der Waals surface area contributed by atoms with Gasteiger partial charge in [-0.3, -0.25) is 9.59 Å². The highest BCUT2D eigenvalue weighted by atomic mass is 35.5. The molecule has 0 saturated heterocycles. The van der Waals surface area contributed by atoms with Crippen molar-refractivity contribution in [3.05, 3.63) is 33.8 Å². The van der Waals surface area contributed by atoms with Gasteiger partial charge in [0.1, 0.15) is 0 Å². The number of nitrogens with one attached hydrogen (secondary N) is 2. The Bertz CT molecular complexity index is 519. The Balaban J connectivity index is 2.51. The lowest BCUT2D eigenvalue weighted by atomic mass is 10.2. The van der Waals surface area contributed by atoms with Crippen molar-refractivity contribution < 1.29 is 19.5 Å². The van der Waals surface area contributed by atoms with Crippen molar-refractivity contribution in [3.63, 3.8) is 0 Å². The van der Waals surface area contributed by atoms with E-state index in [-0.39, 0.29) is 17.1 Å². The smallest absolute Gasteiger partial charge is 0.253 e. The monoisotopic (exact) mass is 303 g/mol. The molecule has 0 spiro atoms. The third-order valence-corrected chi connectivity index (χ3v) is 2.56. The molecule has 6 nitrogen and oxygen atoms in total. The molecule has 0 aliphatic carbocycles. The molecule has 0 aliphatic heterocycles. The molecule has 0 unspecified atom stereocenters. The van der Waals surface area contributed by atoms with Crippen molar-refractivity contribution in [3.8, 4) is 0 Å². The summed E-state index contributed by atoms with van der Waals surface area (Å²) in [6.45, 7) is -0.985. The first-order valence-electron chi connectivity index (χ1n) is 5.10. The van der Waals surface area contributed by atoms with Crippen LogP contribution in [0.2, 0.25) is 10.0 Å². The summed E-state index contributed by atoms with van der Waals surface area (Å²) in [5.74, 6) is -2.63. The SMILES string of the molecule is O=C([O-])CNC(=O)CNC(=O)c1ccc(Cl)cc1Cl. The second-order valence-corrected chi connectivity index (χ2v) is 4.30. The highest BCUT2D eigenvalue weighted by molar-refractivity contribution is 6.36. The van der Waals surface area contributed by atoms with Crippen LogP contribution in [0.25, 0.3) is 0 Å². The molecular weight excluding hydrogens is 295 g/mol. The Morgan fingerprint density at radius 1 is 1.11 bits per heavy atom. The Hall–Kier alpha value is -1.79. The molecule has 0 saturated carbocycles. The Kier molecular flexibility index (Phi) is 5.59. The Morgan fingerprint density at radius 3 is 2.37 bits per heavy atom. The van der Waals surface area contributed by atoms with Crippen molar-refractivity contribution in [2.45, 2.75) is 0 Å². The van der Waals surface area contributed by atoms with Gasteiger partial charge in [0.15, 0.2) is 0 Å². The average molecular weight is 304 g/mol. The third-order valence-electron chi connectivity index (χ3n) is 2.02. The standard InChI is InChI=1S/C11H10Cl2N2O4/c12-6-1-2-7(8(13)3-6)11(19)15-4-9(16)14-5-10(17)18/h1-3H,4-5H2,(H,14,16)(H,15,19)(H,17,18)/p-1. The summed E-state index contributed by atoms with van der Waals surface area (Å²) in [6, 6.07) is 4.30. The summed E-state index contributed by atoms with van der Waals surface area (Å²) in [4.78, 5) is 32.9. The summed E-state index contributed by atoms with van der Waals surface area (Å²) in [7, 11) is 0. The van der Waals surface area contributed by atoms with Gasteiger partial charge in [0.25, 0.3) is 5.91 Å². The maximum atomic E-state index is 11.7. The van der Waals surface area contributed by atoms with E-state index in [0.29, 0.717) is 5.02 Å². The van der Waals surface area contributed by atoms with Crippen LogP contribution in [0, 0.1) is 0 Å². The molecule has 0 aliphatic rings. The van der Waals surface area contributed by atoms with Gasteiger partial charge in [-0.05, 0) is 18.2 Å². The van der Waals surface area contributed by atoms with E-state index in [4.69, 9.17) is 23.2 Å². The lowest BCUT2D eigenvalue weighted by Gasteiger charge is -2.08. The number of hydrogen-bond acceptors (Lipinski definition) is 4. The van der Waals surface area contributed by atoms with Crippen molar-refractivity contribution >= 4 is 41.0 Å². The van der Waals surface area contributed by atoms with Crippen LogP contribution < -0.4 is 15.7 Å². The Labute approximate surface area is 118 Å². The van der Waals surface area contributed by atoms with E-state index < -0.39 is 24.3 Å². The zero-order chi connectivity index (χ0) is 14.4. The number of hydrogen-bond donors (Lipinski definition) is 2. The number of amides is 2. The second kappa shape index (κ2) is 6.96. The highest BCUT2D eigenvalue weighted by Crippen LogP contribution is 2.20. The van der Waals surface area contributed by atoms with E-state index >= 15 is 0 Å². The fourth-order valence-electron chi connectivity index (χ4n) is 1.16. The normalized spacial score (nSPS) is 9.79. The molecule has 0 fully saturated rings. The molecule has 19 heavy (non-hydrogen) atoms. The lowest BCUT2D eigenvalue weighted by Crippen LogP contribution is -2.42. The van der Waals surface area contributed by atoms with Gasteiger partial charge in [0.2, 0.25) is 5.91 Å². The second-order valence-electron chi connectivity index (χ2n) is 3.46. The van der Waals surface area contributed by atoms with E-state index in [1.54, 1.807) is 0 Å². The molecule has 102 valence electrons. The Morgan fingerprint density at radius 2 is 1.79 bits per heavy atom. The van der Waals surface area contributed by atoms with Gasteiger partial charge in [-0.25, -0.2) is 0 Å². The number of aliphatic carboxylic acids is 1. The minimum Gasteiger partial charge on any atom is -0.548 e. The van der Waals surface area contributed by atoms with Gasteiger partial charge >= 0.3 is 0 Å². The predicted molar refractivity (Wildman–Crippen MR) is 66.8 cm³/mol. The van der Waals surface area contributed by atoms with Crippen LogP contribution in [-0.4, -0.2) is 30.9 Å². The van der Waals surface area contributed by atoms with Gasteiger partial charge in [0.05, 0.1) is 29.6 Å². The number of halogens is 2. The van der Waals surface area contributed by atoms with Crippen LogP contribution in [0.1, 0.15) is 10.4 Å². The zero-order valence-electron chi connectivity index (χ0n) is 9.54. The minimum absolute atomic E-state index is 0.153. The first kappa shape index (κ1) is 15.3. The molecule has 0 radical (unpaired) electrons. The first-order chi connectivity index (χ1) is 8.90. The molecule has 1 rings (SSSR count). The number of carbonyl (C=O) groups excluding carboxylic acids is 3. The van der Waals surface area contributed by atoms with Gasteiger partial charge in [0, 0.05) is 5.02 Å². The predicted octanol–water partition coefficient (Wildman–Crippen LogP) is -0.411. The van der Waals surface area contributed by atoms with E-state index in [9.17, 15) is 19.5 Å². The fraction of sp³-hybridized carbons (Fsp3) is 0.182. The van der Waals surface area contributed by atoms with Gasteiger partial charge in [-0.1, -0.05) is 23.2 Å². The summed E-state index contributed by atoms with van der Waals surface area (Å²) in [5, 5.41) is 15.0. The van der Waals surface area contributed by atoms with E-state index in [1.165, 1.54) is 18.2 Å². The summed E-state index contributed by atoms with van der Waals surface area (Å²) in [5.41, 5.74) is 0.166. The van der Waals surface area contributed by atoms with Gasteiger partial charge in [-0.15, -0.1) is 0 Å². The number of benzene rings is 1. The van der Waals surface area contributed by atoms with Crippen molar-refractivity contribution in [2.24, 2.45) is 0 Å². The van der Waals surface area contributed by atoms with Crippen LogP contribution in [0.5, 0.6) is 0 Å². The van der Waals surface area contributed by atoms with Crippen molar-refractivity contribution in [2.75, 3.05) is 13.1 Å². The topological polar surface area (TPSA) is 98.3 Å². The number of carbonyl (C=O) groups is 3. The van der Waals surface area contributed by atoms with Crippen LogP contribution in [0.3, 0.4) is 0 Å². The summed E-state index contributed by atoms with van der Waals surface area (Å²) >= 11 is 11.5. The molecule has 8 heteroatoms. The molecule has 0 bridgehead atoms. The number of rotatable bonds is 5. The van der Waals surface area contributed by atoms with Crippen LogP contribution in [0.15, 0.2) is 18.2 Å². The first-order valence-corrected chi connectivity index (χ1v) is 5.85. The van der Waals surface area contributed by atoms with Crippen LogP contribution in [-0.2, 0) is 9.59 Å². The van der Waals surface area contributed by atoms with Gasteiger partial charge < -0.3 is 20.5 Å². The largest absolute Gasteiger partial charge is 0.548 e. The lowest BCUT2D eigenvalue weighted by molar-refractivity contribution is -0.304. The minimum atomic E-state index is -1.42. The van der Waals surface area contributed by atoms with E-state index in [2.05, 4.69) is 5.32 Å². The molecule has 0 heterocycles. The quantitative estimate of drug-likeness (QED) is 0.772. The molecule has 2 N–H and O–H groups in total. The number of carboxylic acid groups (broad SMARTS) is 1. The average Bonchev–Trinajstić information content (AvgIpc) is 2.33. The zero-order valence-corrected chi connectivity index (χ0v) is 11.0. The summed E-state index contributed by atoms with van der Waals surface area (Å²) in [6.07, 6.45) is 0. The van der Waals surface area contributed by atoms with Crippen molar-refractivity contribution in [1.82, 2.24) is 10.6 Å². The molecule has 0 atom stereocenters. The molecular formula is C11H9Cl2N2O4-. The van der Waals surface area contributed by atoms with Gasteiger partial charge in [-0.2, -0.15) is 0 Å². The number of carboxylic acids is 1. The molecule has 2 amide bonds. The molecule has 1 aromatic rings. The van der Waals surface area contributed by atoms with Crippen LogP contribution >= 0.6 is 23.2 Å². The highest BCUT2D eigenvalue weighted by Gasteiger charge is 2.11. The van der Waals surface area contributed by atoms with E-state index in [1.807, 2.05) is 5.32 Å². The van der Waals surface area contributed by atoms with Crippen molar-refractivity contribution in [1.29, 1.82) is 0 Å². The maximum Gasteiger partial charge on any atom is 0.253 e. The van der Waals surface area contributed by atoms with Crippen LogP contribution in [0.4, 0.5) is 0 Å². The fourth-order valence-corrected chi connectivity index (χ4v) is 1.66. The maximum absolute atomic E-state index is 11.7. The molecule has 0 aromatic heterocycles. The van der Waals surface area contributed by atoms with E-state index in [0.717, 1.165) is 0 Å².